The highest BCUT2D eigenvalue weighted by Crippen LogP contribution is 2.26. The van der Waals surface area contributed by atoms with Crippen molar-refractivity contribution in [2.75, 3.05) is 0 Å². The van der Waals surface area contributed by atoms with Crippen LogP contribution in [0, 0.1) is 13.8 Å². The third-order valence-corrected chi connectivity index (χ3v) is 3.58. The first-order valence-corrected chi connectivity index (χ1v) is 5.75. The van der Waals surface area contributed by atoms with E-state index in [4.69, 9.17) is 5.73 Å². The molecule has 0 amide bonds. The van der Waals surface area contributed by atoms with Crippen molar-refractivity contribution in [3.8, 4) is 10.6 Å². The monoisotopic (exact) mass is 218 g/mol. The molecule has 0 radical (unpaired) electrons. The van der Waals surface area contributed by atoms with Crippen molar-refractivity contribution in [1.82, 2.24) is 4.98 Å². The number of thiazole rings is 1. The van der Waals surface area contributed by atoms with Crippen LogP contribution in [-0.2, 0) is 6.54 Å². The molecule has 2 N–H and O–H groups in total. The van der Waals surface area contributed by atoms with Gasteiger partial charge in [-0.25, -0.2) is 4.98 Å². The average Bonchev–Trinajstić information content (AvgIpc) is 2.70. The van der Waals surface area contributed by atoms with Crippen LogP contribution in [0.25, 0.3) is 10.6 Å². The molecular formula is C12H14N2S. The molecular weight excluding hydrogens is 204 g/mol. The number of nitrogens with two attached hydrogens (primary N) is 1. The number of hydrogen-bond acceptors (Lipinski definition) is 3. The minimum Gasteiger partial charge on any atom is -0.326 e. The molecule has 0 fully saturated rings. The Morgan fingerprint density at radius 1 is 1.27 bits per heavy atom. The number of benzene rings is 1. The topological polar surface area (TPSA) is 38.9 Å². The van der Waals surface area contributed by atoms with Crippen LogP contribution in [0.3, 0.4) is 0 Å². The zero-order valence-corrected chi connectivity index (χ0v) is 9.77. The summed E-state index contributed by atoms with van der Waals surface area (Å²) in [6, 6.07) is 6.42. The SMILES string of the molecule is Cc1ccc(-c2ncc(CN)s2)cc1C. The summed E-state index contributed by atoms with van der Waals surface area (Å²) < 4.78 is 0. The Hall–Kier alpha value is -1.19. The van der Waals surface area contributed by atoms with E-state index in [1.165, 1.54) is 16.7 Å². The highest BCUT2D eigenvalue weighted by molar-refractivity contribution is 7.15. The number of aryl methyl sites for hydroxylation is 2. The lowest BCUT2D eigenvalue weighted by atomic mass is 10.1. The van der Waals surface area contributed by atoms with Gasteiger partial charge in [0, 0.05) is 23.2 Å². The van der Waals surface area contributed by atoms with Crippen molar-refractivity contribution >= 4 is 11.3 Å². The lowest BCUT2D eigenvalue weighted by molar-refractivity contribution is 1.10. The molecule has 1 heterocycles. The highest BCUT2D eigenvalue weighted by atomic mass is 32.1. The van der Waals surface area contributed by atoms with E-state index in [-0.39, 0.29) is 0 Å². The Labute approximate surface area is 93.8 Å². The van der Waals surface area contributed by atoms with E-state index in [2.05, 4.69) is 37.0 Å². The van der Waals surface area contributed by atoms with Crippen LogP contribution in [0.15, 0.2) is 24.4 Å². The molecule has 0 atom stereocenters. The van der Waals surface area contributed by atoms with Gasteiger partial charge in [0.05, 0.1) is 0 Å². The molecule has 0 saturated carbocycles. The summed E-state index contributed by atoms with van der Waals surface area (Å²) in [6.07, 6.45) is 1.86. The molecule has 0 saturated heterocycles. The van der Waals surface area contributed by atoms with Gasteiger partial charge in [-0.1, -0.05) is 12.1 Å². The number of rotatable bonds is 2. The molecule has 0 aliphatic carbocycles. The lowest BCUT2D eigenvalue weighted by Crippen LogP contribution is -1.91. The maximum Gasteiger partial charge on any atom is 0.123 e. The minimum atomic E-state index is 0.572. The maximum absolute atomic E-state index is 5.57. The van der Waals surface area contributed by atoms with Crippen LogP contribution in [-0.4, -0.2) is 4.98 Å². The van der Waals surface area contributed by atoms with E-state index >= 15 is 0 Å². The summed E-state index contributed by atoms with van der Waals surface area (Å²) in [6.45, 7) is 4.81. The first-order valence-electron chi connectivity index (χ1n) is 4.93. The Morgan fingerprint density at radius 2 is 2.07 bits per heavy atom. The van der Waals surface area contributed by atoms with Crippen LogP contribution < -0.4 is 5.73 Å². The predicted octanol–water partition coefficient (Wildman–Crippen LogP) is 2.89. The Balaban J connectivity index is 2.40. The van der Waals surface area contributed by atoms with Gasteiger partial charge in [-0.15, -0.1) is 11.3 Å². The molecule has 1 aromatic heterocycles. The molecule has 2 nitrogen and oxygen atoms in total. The van der Waals surface area contributed by atoms with Crippen molar-refractivity contribution in [2.45, 2.75) is 20.4 Å². The summed E-state index contributed by atoms with van der Waals surface area (Å²) in [7, 11) is 0. The van der Waals surface area contributed by atoms with Crippen LogP contribution in [0.2, 0.25) is 0 Å². The van der Waals surface area contributed by atoms with E-state index in [0.29, 0.717) is 6.54 Å². The first-order chi connectivity index (χ1) is 7.20. The second-order valence-electron chi connectivity index (χ2n) is 3.63. The molecule has 0 aliphatic rings. The molecule has 3 heteroatoms. The van der Waals surface area contributed by atoms with Crippen LogP contribution in [0.1, 0.15) is 16.0 Å². The second-order valence-corrected chi connectivity index (χ2v) is 4.75. The minimum absolute atomic E-state index is 0.572. The van der Waals surface area contributed by atoms with Gasteiger partial charge in [0.15, 0.2) is 0 Å². The number of hydrogen-bond donors (Lipinski definition) is 1. The van der Waals surface area contributed by atoms with Gasteiger partial charge in [-0.2, -0.15) is 0 Å². The van der Waals surface area contributed by atoms with Crippen molar-refractivity contribution < 1.29 is 0 Å². The Bertz CT molecular complexity index is 474. The smallest absolute Gasteiger partial charge is 0.123 e. The zero-order valence-electron chi connectivity index (χ0n) is 8.95. The van der Waals surface area contributed by atoms with E-state index in [1.54, 1.807) is 11.3 Å². The summed E-state index contributed by atoms with van der Waals surface area (Å²) in [5.41, 5.74) is 9.37. The van der Waals surface area contributed by atoms with Gasteiger partial charge in [0.1, 0.15) is 5.01 Å². The zero-order chi connectivity index (χ0) is 10.8. The number of aromatic nitrogens is 1. The summed E-state index contributed by atoms with van der Waals surface area (Å²) in [5.74, 6) is 0. The van der Waals surface area contributed by atoms with Crippen LogP contribution in [0.4, 0.5) is 0 Å². The molecule has 2 rings (SSSR count). The highest BCUT2D eigenvalue weighted by Gasteiger charge is 2.04. The fraction of sp³-hybridized carbons (Fsp3) is 0.250. The standard InChI is InChI=1S/C12H14N2S/c1-8-3-4-10(5-9(8)2)12-14-7-11(6-13)15-12/h3-5,7H,6,13H2,1-2H3. The molecule has 0 bridgehead atoms. The molecule has 1 aromatic carbocycles. The molecule has 0 spiro atoms. The maximum atomic E-state index is 5.57. The van der Waals surface area contributed by atoms with E-state index in [9.17, 15) is 0 Å². The van der Waals surface area contributed by atoms with Crippen molar-refractivity contribution in [1.29, 1.82) is 0 Å². The number of nitrogens with zero attached hydrogens (tertiary/aromatic N) is 1. The molecule has 0 unspecified atom stereocenters. The third kappa shape index (κ3) is 2.08. The lowest BCUT2D eigenvalue weighted by Gasteiger charge is -2.01. The van der Waals surface area contributed by atoms with Gasteiger partial charge in [-0.05, 0) is 31.0 Å². The average molecular weight is 218 g/mol. The van der Waals surface area contributed by atoms with Gasteiger partial charge in [0.25, 0.3) is 0 Å². The molecule has 78 valence electrons. The largest absolute Gasteiger partial charge is 0.326 e. The van der Waals surface area contributed by atoms with Crippen LogP contribution >= 0.6 is 11.3 Å². The summed E-state index contributed by atoms with van der Waals surface area (Å²) >= 11 is 1.66. The quantitative estimate of drug-likeness (QED) is 0.841. The molecule has 0 aliphatic heterocycles. The van der Waals surface area contributed by atoms with Crippen LogP contribution in [0.5, 0.6) is 0 Å². The predicted molar refractivity (Wildman–Crippen MR) is 64.9 cm³/mol. The fourth-order valence-corrected chi connectivity index (χ4v) is 2.20. The van der Waals surface area contributed by atoms with Crippen molar-refractivity contribution in [3.05, 3.63) is 40.4 Å². The van der Waals surface area contributed by atoms with E-state index < -0.39 is 0 Å². The first kappa shape index (κ1) is 10.3. The normalized spacial score (nSPS) is 10.6. The van der Waals surface area contributed by atoms with Gasteiger partial charge in [0.2, 0.25) is 0 Å². The third-order valence-electron chi connectivity index (χ3n) is 2.51. The summed E-state index contributed by atoms with van der Waals surface area (Å²) in [4.78, 5) is 5.49. The molecule has 15 heavy (non-hydrogen) atoms. The van der Waals surface area contributed by atoms with Gasteiger partial charge >= 0.3 is 0 Å². The van der Waals surface area contributed by atoms with Crippen molar-refractivity contribution in [2.24, 2.45) is 5.73 Å². The molecule has 2 aromatic rings. The fourth-order valence-electron chi connectivity index (χ4n) is 1.41. The summed E-state index contributed by atoms with van der Waals surface area (Å²) in [5, 5.41) is 1.05. The van der Waals surface area contributed by atoms with Gasteiger partial charge in [-0.3, -0.25) is 0 Å². The Morgan fingerprint density at radius 3 is 2.67 bits per heavy atom. The van der Waals surface area contributed by atoms with E-state index in [0.717, 1.165) is 9.88 Å². The second kappa shape index (κ2) is 4.13. The Kier molecular flexibility index (Phi) is 2.84. The van der Waals surface area contributed by atoms with Crippen molar-refractivity contribution in [3.63, 3.8) is 0 Å². The van der Waals surface area contributed by atoms with Gasteiger partial charge < -0.3 is 5.73 Å². The van der Waals surface area contributed by atoms with E-state index in [1.807, 2.05) is 6.20 Å².